The summed E-state index contributed by atoms with van der Waals surface area (Å²) in [7, 11) is -4.58. The number of halogens is 1. The molecule has 0 radical (unpaired) electrons. The van der Waals surface area contributed by atoms with E-state index in [1.165, 1.54) is 19.1 Å². The van der Waals surface area contributed by atoms with Gasteiger partial charge in [-0.1, -0.05) is 30.9 Å². The topological polar surface area (TPSA) is 178 Å². The van der Waals surface area contributed by atoms with Gasteiger partial charge in [0.25, 0.3) is 11.4 Å². The summed E-state index contributed by atoms with van der Waals surface area (Å²) in [6.45, 7) is 6.60. The lowest BCUT2D eigenvalue weighted by atomic mass is 9.93. The van der Waals surface area contributed by atoms with Crippen molar-refractivity contribution < 1.29 is 42.5 Å². The molecule has 2 unspecified atom stereocenters. The molecule has 6 atom stereocenters. The zero-order valence-corrected chi connectivity index (χ0v) is 21.7. The minimum Gasteiger partial charge on any atom is -0.462 e. The molecule has 0 aliphatic carbocycles. The highest BCUT2D eigenvalue weighted by atomic mass is 31.2. The Kier molecular flexibility index (Phi) is 8.76. The lowest BCUT2D eigenvalue weighted by Gasteiger charge is -2.29. The van der Waals surface area contributed by atoms with Crippen LogP contribution in [0.5, 0.6) is 5.75 Å². The van der Waals surface area contributed by atoms with Gasteiger partial charge in [0.2, 0.25) is 0 Å². The number of benzene rings is 1. The summed E-state index contributed by atoms with van der Waals surface area (Å²) < 4.78 is 51.2. The molecule has 1 aliphatic heterocycles. The second-order valence-corrected chi connectivity index (χ2v) is 10.5. The quantitative estimate of drug-likeness (QED) is 0.177. The van der Waals surface area contributed by atoms with Crippen molar-refractivity contribution in [2.45, 2.75) is 56.7 Å². The third-order valence-corrected chi connectivity index (χ3v) is 7.06. The van der Waals surface area contributed by atoms with Gasteiger partial charge in [0.15, 0.2) is 17.9 Å². The maximum Gasteiger partial charge on any atom is 0.459 e. The summed E-state index contributed by atoms with van der Waals surface area (Å²) in [5.74, 6) is -4.04. The number of carbonyl (C=O) groups excluding carboxylic acids is 1. The number of aromatic nitrogens is 2. The summed E-state index contributed by atoms with van der Waals surface area (Å²) in [6, 6.07) is 7.31. The highest BCUT2D eigenvalue weighted by molar-refractivity contribution is 7.52. The van der Waals surface area contributed by atoms with E-state index in [1.54, 1.807) is 32.0 Å². The van der Waals surface area contributed by atoms with E-state index in [0.29, 0.717) is 4.57 Å². The third kappa shape index (κ3) is 6.29. The molecule has 0 spiro atoms. The second kappa shape index (κ2) is 11.3. The molecule has 3 rings (SSSR count). The van der Waals surface area contributed by atoms with Crippen LogP contribution in [0.2, 0.25) is 0 Å². The third-order valence-electron chi connectivity index (χ3n) is 5.44. The molecule has 0 amide bonds. The van der Waals surface area contributed by atoms with Gasteiger partial charge >= 0.3 is 19.4 Å². The number of esters is 1. The number of nitrogens with one attached hydrogen (secondary N) is 2. The molecule has 15 heteroatoms. The van der Waals surface area contributed by atoms with Crippen molar-refractivity contribution in [2.75, 3.05) is 6.61 Å². The normalized spacial score (nSPS) is 27.4. The molecule has 2 aromatic rings. The van der Waals surface area contributed by atoms with Crippen LogP contribution in [0.1, 0.15) is 27.0 Å². The van der Waals surface area contributed by atoms with E-state index >= 15 is 4.39 Å². The van der Waals surface area contributed by atoms with Gasteiger partial charge < -0.3 is 24.2 Å². The Morgan fingerprint density at radius 1 is 1.32 bits per heavy atom. The SMILES string of the molecule is C=C[C@]1(O)[C@@H](n2ccc(=O)[nH]c2=O)O[C@](F)(COP(=O)(NC(C)C(=O)OC(C)C)Oc2ccccc2)[C@H]1O. The number of ether oxygens (including phenoxy) is 2. The van der Waals surface area contributed by atoms with Gasteiger partial charge in [-0.25, -0.2) is 13.8 Å². The molecule has 0 saturated carbocycles. The summed E-state index contributed by atoms with van der Waals surface area (Å²) in [5.41, 5.74) is -4.43. The molecule has 1 fully saturated rings. The van der Waals surface area contributed by atoms with Crippen LogP contribution in [0.15, 0.2) is 64.8 Å². The number of aromatic amines is 1. The smallest absolute Gasteiger partial charge is 0.459 e. The molecular formula is C23H29FN3O10P. The number of alkyl halides is 1. The minimum atomic E-state index is -4.58. The van der Waals surface area contributed by atoms with Crippen LogP contribution in [-0.4, -0.2) is 62.0 Å². The Morgan fingerprint density at radius 2 is 1.97 bits per heavy atom. The van der Waals surface area contributed by atoms with Crippen molar-refractivity contribution in [3.05, 3.63) is 76.1 Å². The van der Waals surface area contributed by atoms with Gasteiger partial charge in [0.05, 0.1) is 6.10 Å². The van der Waals surface area contributed by atoms with E-state index in [9.17, 15) is 29.2 Å². The number of aliphatic hydroxyl groups excluding tert-OH is 1. The number of hydrogen-bond acceptors (Lipinski definition) is 10. The largest absolute Gasteiger partial charge is 0.462 e. The number of hydrogen-bond donors (Lipinski definition) is 4. The second-order valence-electron chi connectivity index (χ2n) is 8.78. The Hall–Kier alpha value is -3.13. The highest BCUT2D eigenvalue weighted by Gasteiger charge is 2.64. The van der Waals surface area contributed by atoms with Crippen LogP contribution in [0, 0.1) is 0 Å². The number of para-hydroxylation sites is 1. The van der Waals surface area contributed by atoms with Crippen LogP contribution in [0.4, 0.5) is 4.39 Å². The van der Waals surface area contributed by atoms with Gasteiger partial charge in [-0.3, -0.25) is 23.7 Å². The van der Waals surface area contributed by atoms with Crippen molar-refractivity contribution in [3.8, 4) is 5.75 Å². The van der Waals surface area contributed by atoms with Crippen LogP contribution in [0.25, 0.3) is 0 Å². The number of aliphatic hydroxyl groups is 2. The van der Waals surface area contributed by atoms with Crippen molar-refractivity contribution in [2.24, 2.45) is 0 Å². The summed E-state index contributed by atoms with van der Waals surface area (Å²) in [5, 5.41) is 24.0. The van der Waals surface area contributed by atoms with Gasteiger partial charge in [0, 0.05) is 12.3 Å². The fourth-order valence-corrected chi connectivity index (χ4v) is 5.05. The summed E-state index contributed by atoms with van der Waals surface area (Å²) in [4.78, 5) is 37.9. The van der Waals surface area contributed by atoms with E-state index < -0.39 is 67.5 Å². The van der Waals surface area contributed by atoms with Crippen molar-refractivity contribution >= 4 is 13.7 Å². The average molecular weight is 557 g/mol. The Labute approximate surface area is 216 Å². The predicted octanol–water partition coefficient (Wildman–Crippen LogP) is 1.14. The molecule has 2 heterocycles. The summed E-state index contributed by atoms with van der Waals surface area (Å²) >= 11 is 0. The van der Waals surface area contributed by atoms with Crippen molar-refractivity contribution in [1.82, 2.24) is 14.6 Å². The van der Waals surface area contributed by atoms with Gasteiger partial charge in [-0.15, -0.1) is 0 Å². The molecule has 4 N–H and O–H groups in total. The zero-order chi connectivity index (χ0) is 28.3. The van der Waals surface area contributed by atoms with E-state index in [-0.39, 0.29) is 5.75 Å². The molecule has 38 heavy (non-hydrogen) atoms. The van der Waals surface area contributed by atoms with Crippen molar-refractivity contribution in [3.63, 3.8) is 0 Å². The first kappa shape index (κ1) is 29.4. The first-order chi connectivity index (χ1) is 17.7. The van der Waals surface area contributed by atoms with Crippen molar-refractivity contribution in [1.29, 1.82) is 0 Å². The fourth-order valence-electron chi connectivity index (χ4n) is 3.55. The van der Waals surface area contributed by atoms with E-state index in [4.69, 9.17) is 18.5 Å². The summed E-state index contributed by atoms with van der Waals surface area (Å²) in [6.07, 6.45) is -3.13. The average Bonchev–Trinajstić information content (AvgIpc) is 3.05. The van der Waals surface area contributed by atoms with Gasteiger partial charge in [-0.05, 0) is 32.9 Å². The first-order valence-electron chi connectivity index (χ1n) is 11.4. The number of H-pyrrole nitrogens is 1. The van der Waals surface area contributed by atoms with Gasteiger partial charge in [-0.2, -0.15) is 5.09 Å². The Balaban J connectivity index is 1.90. The van der Waals surface area contributed by atoms with Crippen LogP contribution < -0.4 is 20.9 Å². The molecule has 1 aromatic heterocycles. The number of nitrogens with zero attached hydrogens (tertiary/aromatic N) is 1. The molecule has 13 nitrogen and oxygen atoms in total. The zero-order valence-electron chi connectivity index (χ0n) is 20.8. The van der Waals surface area contributed by atoms with E-state index in [1.807, 2.05) is 4.98 Å². The molecule has 1 saturated heterocycles. The molecular weight excluding hydrogens is 528 g/mol. The molecule has 1 aliphatic rings. The lowest BCUT2D eigenvalue weighted by Crippen LogP contribution is -2.50. The monoisotopic (exact) mass is 557 g/mol. The molecule has 1 aromatic carbocycles. The standard InChI is InChI=1S/C23H29FN3O10P/c1-5-22(32)19(30)23(24,36-20(22)27-12-11-17(28)25-21(27)31)13-34-38(33,37-16-9-7-6-8-10-16)26-15(4)18(29)35-14(2)3/h5-12,14-15,19-20,30,32H,1,13H2,2-4H3,(H,26,33)(H,25,28,31)/t15?,19-,20-,22+,23+,38?/m0/s1. The van der Waals surface area contributed by atoms with Crippen LogP contribution in [-0.2, 0) is 23.4 Å². The first-order valence-corrected chi connectivity index (χ1v) is 13.0. The van der Waals surface area contributed by atoms with Crippen LogP contribution in [0.3, 0.4) is 0 Å². The molecule has 0 bridgehead atoms. The molecule has 208 valence electrons. The van der Waals surface area contributed by atoms with E-state index in [2.05, 4.69) is 11.7 Å². The van der Waals surface area contributed by atoms with Crippen LogP contribution >= 0.6 is 7.75 Å². The number of rotatable bonds is 11. The highest BCUT2D eigenvalue weighted by Crippen LogP contribution is 2.50. The minimum absolute atomic E-state index is 0.0359. The maximum atomic E-state index is 16.0. The van der Waals surface area contributed by atoms with Gasteiger partial charge in [0.1, 0.15) is 18.4 Å². The predicted molar refractivity (Wildman–Crippen MR) is 131 cm³/mol. The number of carbonyl (C=O) groups is 1. The van der Waals surface area contributed by atoms with E-state index in [0.717, 1.165) is 18.3 Å². The maximum absolute atomic E-state index is 16.0. The lowest BCUT2D eigenvalue weighted by molar-refractivity contribution is -0.204. The fraction of sp³-hybridized carbons (Fsp3) is 0.435. The Bertz CT molecular complexity index is 1320. The Morgan fingerprint density at radius 3 is 2.55 bits per heavy atom.